The molecule has 0 saturated carbocycles. The van der Waals surface area contributed by atoms with Crippen LogP contribution in [-0.2, 0) is 9.59 Å². The van der Waals surface area contributed by atoms with Crippen LogP contribution in [0.3, 0.4) is 0 Å². The summed E-state index contributed by atoms with van der Waals surface area (Å²) in [5.41, 5.74) is 1.17. The number of ether oxygens (including phenoxy) is 1. The van der Waals surface area contributed by atoms with E-state index < -0.39 is 0 Å². The lowest BCUT2D eigenvalue weighted by atomic mass is 10.2. The third kappa shape index (κ3) is 6.79. The van der Waals surface area contributed by atoms with Crippen LogP contribution in [0.4, 0.5) is 5.82 Å². The molecule has 0 fully saturated rings. The number of benzene rings is 1. The van der Waals surface area contributed by atoms with Gasteiger partial charge in [0.25, 0.3) is 0 Å². The van der Waals surface area contributed by atoms with Crippen LogP contribution in [0.25, 0.3) is 0 Å². The molecule has 2 aromatic rings. The van der Waals surface area contributed by atoms with Crippen molar-refractivity contribution < 1.29 is 18.8 Å². The smallest absolute Gasteiger partial charge is 0.235 e. The van der Waals surface area contributed by atoms with Gasteiger partial charge in [-0.05, 0) is 26.0 Å². The summed E-state index contributed by atoms with van der Waals surface area (Å²) in [5.74, 6) is 1.92. The molecule has 0 bridgehead atoms. The first kappa shape index (κ1) is 19.8. The van der Waals surface area contributed by atoms with E-state index in [9.17, 15) is 9.59 Å². The van der Waals surface area contributed by atoms with Crippen LogP contribution in [0.15, 0.2) is 34.9 Å². The fourth-order valence-electron chi connectivity index (χ4n) is 2.01. The molecule has 0 aliphatic carbocycles. The first-order chi connectivity index (χ1) is 12.4. The summed E-state index contributed by atoms with van der Waals surface area (Å²) in [5, 5.41) is 6.30. The van der Waals surface area contributed by atoms with Gasteiger partial charge in [0.15, 0.2) is 5.82 Å². The van der Waals surface area contributed by atoms with Crippen molar-refractivity contribution in [2.24, 2.45) is 0 Å². The van der Waals surface area contributed by atoms with Gasteiger partial charge in [0.2, 0.25) is 11.8 Å². The minimum absolute atomic E-state index is 0.0485. The SMILES string of the molecule is Cc1ccc(OCCN(C)C(=O)CSCC(=O)Nc2cc(C)on2)cc1. The van der Waals surface area contributed by atoms with Gasteiger partial charge in [-0.3, -0.25) is 9.59 Å². The molecule has 26 heavy (non-hydrogen) atoms. The van der Waals surface area contributed by atoms with E-state index >= 15 is 0 Å². The molecule has 0 atom stereocenters. The fourth-order valence-corrected chi connectivity index (χ4v) is 2.76. The topological polar surface area (TPSA) is 84.7 Å². The summed E-state index contributed by atoms with van der Waals surface area (Å²) in [4.78, 5) is 25.4. The molecule has 0 radical (unpaired) electrons. The number of amides is 2. The number of carbonyl (C=O) groups is 2. The third-order valence-electron chi connectivity index (χ3n) is 3.50. The van der Waals surface area contributed by atoms with Gasteiger partial charge in [0.1, 0.15) is 18.1 Å². The number of likely N-dealkylation sites (N-methyl/N-ethyl adjacent to an activating group) is 1. The largest absolute Gasteiger partial charge is 0.492 e. The van der Waals surface area contributed by atoms with E-state index in [1.165, 1.54) is 17.3 Å². The molecule has 0 aliphatic heterocycles. The highest BCUT2D eigenvalue weighted by Gasteiger charge is 2.11. The molecule has 140 valence electrons. The van der Waals surface area contributed by atoms with Crippen LogP contribution in [0.2, 0.25) is 0 Å². The van der Waals surface area contributed by atoms with Gasteiger partial charge >= 0.3 is 0 Å². The quantitative estimate of drug-likeness (QED) is 0.723. The van der Waals surface area contributed by atoms with Gasteiger partial charge in [0, 0.05) is 13.1 Å². The molecule has 0 unspecified atom stereocenters. The molecule has 1 aromatic carbocycles. The van der Waals surface area contributed by atoms with Crippen molar-refractivity contribution in [1.82, 2.24) is 10.1 Å². The molecule has 2 amide bonds. The maximum atomic E-state index is 12.1. The Morgan fingerprint density at radius 2 is 1.96 bits per heavy atom. The number of nitrogens with one attached hydrogen (secondary N) is 1. The number of nitrogens with zero attached hydrogens (tertiary/aromatic N) is 2. The summed E-state index contributed by atoms with van der Waals surface area (Å²) in [6.07, 6.45) is 0. The van der Waals surface area contributed by atoms with Gasteiger partial charge in [0.05, 0.1) is 18.1 Å². The molecule has 2 rings (SSSR count). The third-order valence-corrected chi connectivity index (χ3v) is 4.41. The number of thioether (sulfide) groups is 1. The molecular formula is C18H23N3O4S. The van der Waals surface area contributed by atoms with E-state index in [0.717, 1.165) is 5.75 Å². The summed E-state index contributed by atoms with van der Waals surface area (Å²) >= 11 is 1.25. The number of hydrogen-bond donors (Lipinski definition) is 1. The molecule has 0 saturated heterocycles. The molecular weight excluding hydrogens is 354 g/mol. The van der Waals surface area contributed by atoms with Crippen LogP contribution in [-0.4, -0.2) is 53.6 Å². The molecule has 7 nitrogen and oxygen atoms in total. The summed E-state index contributed by atoms with van der Waals surface area (Å²) in [7, 11) is 1.72. The first-order valence-electron chi connectivity index (χ1n) is 8.18. The van der Waals surface area contributed by atoms with E-state index in [4.69, 9.17) is 9.26 Å². The zero-order chi connectivity index (χ0) is 18.9. The van der Waals surface area contributed by atoms with Gasteiger partial charge < -0.3 is 19.5 Å². The van der Waals surface area contributed by atoms with Crippen molar-refractivity contribution in [3.05, 3.63) is 41.7 Å². The Morgan fingerprint density at radius 1 is 1.23 bits per heavy atom. The van der Waals surface area contributed by atoms with Gasteiger partial charge in [-0.25, -0.2) is 0 Å². The number of anilines is 1. The van der Waals surface area contributed by atoms with Gasteiger partial charge in [-0.1, -0.05) is 22.9 Å². The highest BCUT2D eigenvalue weighted by molar-refractivity contribution is 8.00. The van der Waals surface area contributed by atoms with Crippen molar-refractivity contribution in [2.75, 3.05) is 37.0 Å². The predicted octanol–water partition coefficient (Wildman–Crippen LogP) is 2.50. The van der Waals surface area contributed by atoms with E-state index in [1.54, 1.807) is 24.9 Å². The normalized spacial score (nSPS) is 10.4. The minimum Gasteiger partial charge on any atom is -0.492 e. The molecule has 1 heterocycles. The lowest BCUT2D eigenvalue weighted by molar-refractivity contribution is -0.127. The number of aryl methyl sites for hydroxylation is 2. The lowest BCUT2D eigenvalue weighted by Crippen LogP contribution is -2.32. The molecule has 1 N–H and O–H groups in total. The second kappa shape index (κ2) is 9.86. The Morgan fingerprint density at radius 3 is 2.62 bits per heavy atom. The van der Waals surface area contributed by atoms with Crippen LogP contribution in [0.5, 0.6) is 5.75 Å². The average molecular weight is 377 g/mol. The van der Waals surface area contributed by atoms with Crippen LogP contribution < -0.4 is 10.1 Å². The van der Waals surface area contributed by atoms with Crippen LogP contribution in [0.1, 0.15) is 11.3 Å². The number of aromatic nitrogens is 1. The van der Waals surface area contributed by atoms with E-state index in [1.807, 2.05) is 31.2 Å². The monoisotopic (exact) mass is 377 g/mol. The summed E-state index contributed by atoms with van der Waals surface area (Å²) in [6, 6.07) is 9.40. The minimum atomic E-state index is -0.221. The highest BCUT2D eigenvalue weighted by Crippen LogP contribution is 2.11. The van der Waals surface area contributed by atoms with E-state index in [-0.39, 0.29) is 23.3 Å². The Labute approximate surface area is 157 Å². The molecule has 1 aromatic heterocycles. The van der Waals surface area contributed by atoms with Crippen molar-refractivity contribution in [3.63, 3.8) is 0 Å². The van der Waals surface area contributed by atoms with Crippen molar-refractivity contribution >= 4 is 29.4 Å². The zero-order valence-corrected chi connectivity index (χ0v) is 16.0. The Hall–Kier alpha value is -2.48. The fraction of sp³-hybridized carbons (Fsp3) is 0.389. The predicted molar refractivity (Wildman–Crippen MR) is 102 cm³/mol. The van der Waals surface area contributed by atoms with Gasteiger partial charge in [-0.2, -0.15) is 0 Å². The first-order valence-corrected chi connectivity index (χ1v) is 9.34. The second-order valence-electron chi connectivity index (χ2n) is 5.84. The van der Waals surface area contributed by atoms with Crippen molar-refractivity contribution in [2.45, 2.75) is 13.8 Å². The standard InChI is InChI=1S/C18H23N3O4S/c1-13-4-6-15(7-5-13)24-9-8-21(3)18(23)12-26-11-17(22)19-16-10-14(2)25-20-16/h4-7,10H,8-9,11-12H2,1-3H3,(H,19,20,22). The highest BCUT2D eigenvalue weighted by atomic mass is 32.2. The maximum Gasteiger partial charge on any atom is 0.235 e. The van der Waals surface area contributed by atoms with Crippen LogP contribution >= 0.6 is 11.8 Å². The van der Waals surface area contributed by atoms with Crippen LogP contribution in [0, 0.1) is 13.8 Å². The number of rotatable bonds is 9. The van der Waals surface area contributed by atoms with Crippen molar-refractivity contribution in [1.29, 1.82) is 0 Å². The maximum absolute atomic E-state index is 12.1. The molecule has 0 aliphatic rings. The Bertz CT molecular complexity index is 730. The van der Waals surface area contributed by atoms with Gasteiger partial charge in [-0.15, -0.1) is 11.8 Å². The number of hydrogen-bond acceptors (Lipinski definition) is 6. The number of carbonyl (C=O) groups excluding carboxylic acids is 2. The van der Waals surface area contributed by atoms with E-state index in [0.29, 0.717) is 24.7 Å². The molecule has 8 heteroatoms. The summed E-state index contributed by atoms with van der Waals surface area (Å²) in [6.45, 7) is 4.66. The Balaban J connectivity index is 1.60. The van der Waals surface area contributed by atoms with E-state index in [2.05, 4.69) is 10.5 Å². The lowest BCUT2D eigenvalue weighted by Gasteiger charge is -2.17. The Kier molecular flexibility index (Phi) is 7.53. The molecule has 0 spiro atoms. The zero-order valence-electron chi connectivity index (χ0n) is 15.2. The average Bonchev–Trinajstić information content (AvgIpc) is 3.01. The second-order valence-corrected chi connectivity index (χ2v) is 6.83. The van der Waals surface area contributed by atoms with Crippen molar-refractivity contribution in [3.8, 4) is 5.75 Å². The summed E-state index contributed by atoms with van der Waals surface area (Å²) < 4.78 is 10.5.